The number of benzene rings is 1. The molecule has 6 nitrogen and oxygen atoms in total. The number of aryl methyl sites for hydroxylation is 1. The van der Waals surface area contributed by atoms with E-state index in [9.17, 15) is 4.79 Å². The number of hydrogen-bond acceptors (Lipinski definition) is 4. The maximum Gasteiger partial charge on any atom is 0.268 e. The van der Waals surface area contributed by atoms with Crippen molar-refractivity contribution in [2.75, 3.05) is 0 Å². The molecule has 134 valence electrons. The molecule has 0 aliphatic heterocycles. The Bertz CT molecular complexity index is 969. The van der Waals surface area contributed by atoms with Crippen LogP contribution in [0.15, 0.2) is 36.7 Å². The van der Waals surface area contributed by atoms with Gasteiger partial charge in [0.15, 0.2) is 0 Å². The van der Waals surface area contributed by atoms with E-state index in [2.05, 4.69) is 39.7 Å². The maximum atomic E-state index is 11.6. The van der Waals surface area contributed by atoms with Crippen molar-refractivity contribution >= 4 is 16.8 Å². The molecule has 0 atom stereocenters. The second-order valence-corrected chi connectivity index (χ2v) is 7.08. The molecule has 26 heavy (non-hydrogen) atoms. The van der Waals surface area contributed by atoms with Gasteiger partial charge in [0.2, 0.25) is 0 Å². The normalized spacial score (nSPS) is 20.4. The van der Waals surface area contributed by atoms with E-state index in [1.54, 1.807) is 6.20 Å². The van der Waals surface area contributed by atoms with Crippen LogP contribution in [-0.2, 0) is 0 Å². The van der Waals surface area contributed by atoms with Gasteiger partial charge in [-0.1, -0.05) is 18.2 Å². The van der Waals surface area contributed by atoms with E-state index in [1.165, 1.54) is 17.1 Å². The first-order chi connectivity index (χ1) is 12.6. The highest BCUT2D eigenvalue weighted by Crippen LogP contribution is 2.39. The van der Waals surface area contributed by atoms with Gasteiger partial charge < -0.3 is 16.0 Å². The standard InChI is InChI=1S/C20H23N5O/c1-12-15-4-2-3-5-18(15)25(14-8-6-13(21)7-9-14)19(12)16-10-23-11-17(24-16)20(22)26/h2-5,10-11,13-14H,6-9,21H2,1H3,(H2,22,26). The molecule has 1 amide bonds. The van der Waals surface area contributed by atoms with E-state index in [1.807, 2.05) is 6.07 Å². The SMILES string of the molecule is Cc1c(-c2cncc(C(N)=O)n2)n(C2CCC(N)CC2)c2ccccc12. The number of carbonyl (C=O) groups excluding carboxylic acids is 1. The Hall–Kier alpha value is -2.73. The summed E-state index contributed by atoms with van der Waals surface area (Å²) in [5, 5.41) is 1.20. The van der Waals surface area contributed by atoms with Gasteiger partial charge in [-0.05, 0) is 44.2 Å². The smallest absolute Gasteiger partial charge is 0.268 e. The molecule has 1 aliphatic rings. The van der Waals surface area contributed by atoms with Crippen LogP contribution in [0.1, 0.15) is 47.8 Å². The molecule has 0 spiro atoms. The summed E-state index contributed by atoms with van der Waals surface area (Å²) < 4.78 is 2.37. The summed E-state index contributed by atoms with van der Waals surface area (Å²) in [4.78, 5) is 20.2. The Kier molecular flexibility index (Phi) is 4.20. The lowest BCUT2D eigenvalue weighted by Crippen LogP contribution is -2.28. The van der Waals surface area contributed by atoms with Crippen molar-refractivity contribution in [3.63, 3.8) is 0 Å². The zero-order valence-electron chi connectivity index (χ0n) is 14.9. The summed E-state index contributed by atoms with van der Waals surface area (Å²) in [5.41, 5.74) is 15.7. The molecule has 0 unspecified atom stereocenters. The average Bonchev–Trinajstić information content (AvgIpc) is 2.95. The quantitative estimate of drug-likeness (QED) is 0.759. The summed E-state index contributed by atoms with van der Waals surface area (Å²) in [6.07, 6.45) is 7.22. The van der Waals surface area contributed by atoms with Crippen LogP contribution in [0.2, 0.25) is 0 Å². The molecule has 1 saturated carbocycles. The molecule has 3 aromatic rings. The lowest BCUT2D eigenvalue weighted by molar-refractivity contribution is 0.0995. The molecule has 4 rings (SSSR count). The van der Waals surface area contributed by atoms with Crippen molar-refractivity contribution in [2.24, 2.45) is 11.5 Å². The van der Waals surface area contributed by atoms with Crippen molar-refractivity contribution in [3.05, 3.63) is 47.9 Å². The van der Waals surface area contributed by atoms with Gasteiger partial charge in [-0.25, -0.2) is 4.98 Å². The summed E-state index contributed by atoms with van der Waals surface area (Å²) in [5.74, 6) is -0.566. The fourth-order valence-electron chi connectivity index (χ4n) is 4.08. The molecule has 0 radical (unpaired) electrons. The molecule has 2 heterocycles. The molecule has 1 fully saturated rings. The fraction of sp³-hybridized carbons (Fsp3) is 0.350. The second kappa shape index (κ2) is 6.53. The number of carbonyl (C=O) groups is 1. The van der Waals surface area contributed by atoms with Crippen LogP contribution in [0.25, 0.3) is 22.3 Å². The summed E-state index contributed by atoms with van der Waals surface area (Å²) >= 11 is 0. The Morgan fingerprint density at radius 2 is 1.88 bits per heavy atom. The Morgan fingerprint density at radius 3 is 2.62 bits per heavy atom. The fourth-order valence-corrected chi connectivity index (χ4v) is 4.08. The van der Waals surface area contributed by atoms with Gasteiger partial charge >= 0.3 is 0 Å². The second-order valence-electron chi connectivity index (χ2n) is 7.08. The number of aromatic nitrogens is 3. The first-order valence-corrected chi connectivity index (χ1v) is 9.03. The van der Waals surface area contributed by atoms with E-state index in [4.69, 9.17) is 11.5 Å². The minimum absolute atomic E-state index is 0.185. The highest BCUT2D eigenvalue weighted by Gasteiger charge is 2.26. The number of primary amides is 1. The van der Waals surface area contributed by atoms with Crippen molar-refractivity contribution in [1.29, 1.82) is 0 Å². The molecule has 1 aromatic carbocycles. The zero-order valence-corrected chi connectivity index (χ0v) is 14.9. The minimum Gasteiger partial charge on any atom is -0.364 e. The predicted octanol–water partition coefficient (Wildman–Crippen LogP) is 2.95. The summed E-state index contributed by atoms with van der Waals surface area (Å²) in [6.45, 7) is 2.10. The van der Waals surface area contributed by atoms with Crippen LogP contribution < -0.4 is 11.5 Å². The third-order valence-electron chi connectivity index (χ3n) is 5.40. The van der Waals surface area contributed by atoms with Crippen LogP contribution >= 0.6 is 0 Å². The number of hydrogen-bond donors (Lipinski definition) is 2. The molecule has 0 bridgehead atoms. The number of fused-ring (bicyclic) bond motifs is 1. The van der Waals surface area contributed by atoms with Gasteiger partial charge in [-0.2, -0.15) is 0 Å². The predicted molar refractivity (Wildman–Crippen MR) is 102 cm³/mol. The van der Waals surface area contributed by atoms with Gasteiger partial charge in [0, 0.05) is 23.0 Å². The summed E-state index contributed by atoms with van der Waals surface area (Å²) in [6, 6.07) is 9.03. The van der Waals surface area contributed by atoms with E-state index >= 15 is 0 Å². The maximum absolute atomic E-state index is 11.6. The molecule has 4 N–H and O–H groups in total. The topological polar surface area (TPSA) is 99.8 Å². The summed E-state index contributed by atoms with van der Waals surface area (Å²) in [7, 11) is 0. The van der Waals surface area contributed by atoms with E-state index in [-0.39, 0.29) is 11.7 Å². The van der Waals surface area contributed by atoms with Crippen LogP contribution in [0, 0.1) is 6.92 Å². The number of para-hydroxylation sites is 1. The van der Waals surface area contributed by atoms with Gasteiger partial charge in [-0.3, -0.25) is 9.78 Å². The van der Waals surface area contributed by atoms with Gasteiger partial charge in [-0.15, -0.1) is 0 Å². The van der Waals surface area contributed by atoms with Gasteiger partial charge in [0.25, 0.3) is 5.91 Å². The Morgan fingerprint density at radius 1 is 1.15 bits per heavy atom. The molecule has 0 saturated heterocycles. The molecule has 1 aliphatic carbocycles. The van der Waals surface area contributed by atoms with Gasteiger partial charge in [0.1, 0.15) is 11.4 Å². The lowest BCUT2D eigenvalue weighted by Gasteiger charge is -2.29. The number of nitrogens with zero attached hydrogens (tertiary/aromatic N) is 3. The third-order valence-corrected chi connectivity index (χ3v) is 5.40. The van der Waals surface area contributed by atoms with E-state index in [0.717, 1.165) is 36.9 Å². The van der Waals surface area contributed by atoms with E-state index < -0.39 is 5.91 Å². The van der Waals surface area contributed by atoms with Crippen LogP contribution in [0.5, 0.6) is 0 Å². The highest BCUT2D eigenvalue weighted by atomic mass is 16.1. The average molecular weight is 349 g/mol. The van der Waals surface area contributed by atoms with Crippen molar-refractivity contribution in [2.45, 2.75) is 44.7 Å². The number of amides is 1. The monoisotopic (exact) mass is 349 g/mol. The first-order valence-electron chi connectivity index (χ1n) is 9.03. The van der Waals surface area contributed by atoms with Crippen LogP contribution in [0.4, 0.5) is 0 Å². The Balaban J connectivity index is 1.93. The molecular formula is C20H23N5O. The van der Waals surface area contributed by atoms with Crippen LogP contribution in [-0.4, -0.2) is 26.5 Å². The van der Waals surface area contributed by atoms with Crippen LogP contribution in [0.3, 0.4) is 0 Å². The number of rotatable bonds is 3. The largest absolute Gasteiger partial charge is 0.364 e. The van der Waals surface area contributed by atoms with Crippen molar-refractivity contribution < 1.29 is 4.79 Å². The lowest BCUT2D eigenvalue weighted by atomic mass is 9.91. The van der Waals surface area contributed by atoms with Crippen molar-refractivity contribution in [1.82, 2.24) is 14.5 Å². The molecule has 6 heteroatoms. The van der Waals surface area contributed by atoms with Crippen molar-refractivity contribution in [3.8, 4) is 11.4 Å². The highest BCUT2D eigenvalue weighted by molar-refractivity contribution is 5.93. The first kappa shape index (κ1) is 16.7. The Labute approximate surface area is 152 Å². The minimum atomic E-state index is -0.566. The number of nitrogens with two attached hydrogens (primary N) is 2. The van der Waals surface area contributed by atoms with Gasteiger partial charge in [0.05, 0.1) is 18.1 Å². The molecular weight excluding hydrogens is 326 g/mol. The zero-order chi connectivity index (χ0) is 18.3. The van der Waals surface area contributed by atoms with E-state index in [0.29, 0.717) is 11.7 Å². The third kappa shape index (κ3) is 2.76. The molecule has 2 aromatic heterocycles.